The molecule has 0 saturated heterocycles. The van der Waals surface area contributed by atoms with Gasteiger partial charge in [-0.1, -0.05) is 0 Å². The summed E-state index contributed by atoms with van der Waals surface area (Å²) in [5.41, 5.74) is 7.87. The normalized spacial score (nSPS) is 22.3. The average molecular weight is 466 g/mol. The molecule has 0 spiro atoms. The minimum atomic E-state index is -2.69. The third kappa shape index (κ3) is 5.43. The third-order valence-corrected chi connectivity index (χ3v) is 6.65. The molecular weight excluding hydrogens is 440 g/mol. The highest BCUT2D eigenvalue weighted by Gasteiger charge is 2.45. The number of halogens is 4. The molecule has 178 valence electrons. The Bertz CT molecular complexity index is 1050. The monoisotopic (exact) mass is 466 g/mol. The number of amides is 1. The summed E-state index contributed by atoms with van der Waals surface area (Å²) < 4.78 is 54.4. The van der Waals surface area contributed by atoms with Gasteiger partial charge in [0, 0.05) is 32.1 Å². The lowest BCUT2D eigenvalue weighted by molar-refractivity contribution is -0.134. The first-order valence-electron chi connectivity index (χ1n) is 11.1. The van der Waals surface area contributed by atoms with E-state index >= 15 is 0 Å². The largest absolute Gasteiger partial charge is 0.348 e. The number of carbonyl (C=O) groups is 1. The second kappa shape index (κ2) is 8.89. The Labute approximate surface area is 188 Å². The van der Waals surface area contributed by atoms with Gasteiger partial charge in [0.1, 0.15) is 0 Å². The molecule has 11 heteroatoms. The molecule has 1 amide bonds. The molecule has 0 bridgehead atoms. The van der Waals surface area contributed by atoms with E-state index in [4.69, 9.17) is 5.73 Å². The number of alkyl halides is 4. The van der Waals surface area contributed by atoms with Crippen LogP contribution >= 0.6 is 0 Å². The summed E-state index contributed by atoms with van der Waals surface area (Å²) in [5.74, 6) is -6.18. The van der Waals surface area contributed by atoms with E-state index in [2.05, 4.69) is 15.4 Å². The van der Waals surface area contributed by atoms with E-state index in [0.717, 1.165) is 0 Å². The molecule has 2 aromatic rings. The van der Waals surface area contributed by atoms with Crippen molar-refractivity contribution in [3.05, 3.63) is 29.7 Å². The Morgan fingerprint density at radius 3 is 2.61 bits per heavy atom. The van der Waals surface area contributed by atoms with Crippen molar-refractivity contribution in [1.29, 1.82) is 5.26 Å². The van der Waals surface area contributed by atoms with Crippen LogP contribution < -0.4 is 11.1 Å². The molecule has 3 N–H and O–H groups in total. The lowest BCUT2D eigenvalue weighted by Gasteiger charge is -2.34. The predicted octanol–water partition coefficient (Wildman–Crippen LogP) is 4.06. The van der Waals surface area contributed by atoms with Crippen LogP contribution in [-0.4, -0.2) is 32.4 Å². The van der Waals surface area contributed by atoms with Crippen molar-refractivity contribution in [2.45, 2.75) is 75.3 Å². The average Bonchev–Trinajstić information content (AvgIpc) is 3.15. The van der Waals surface area contributed by atoms with Gasteiger partial charge in [0.25, 0.3) is 0 Å². The molecule has 2 aromatic heterocycles. The van der Waals surface area contributed by atoms with Gasteiger partial charge in [-0.05, 0) is 36.3 Å². The van der Waals surface area contributed by atoms with E-state index in [1.165, 1.54) is 10.7 Å². The Balaban J connectivity index is 1.44. The molecular formula is C22H26F4N6O. The van der Waals surface area contributed by atoms with Gasteiger partial charge in [0.15, 0.2) is 5.65 Å². The van der Waals surface area contributed by atoms with Crippen LogP contribution in [0.1, 0.15) is 74.7 Å². The summed E-state index contributed by atoms with van der Waals surface area (Å²) in [5, 5.41) is 16.2. The molecule has 33 heavy (non-hydrogen) atoms. The van der Waals surface area contributed by atoms with Crippen LogP contribution in [0.5, 0.6) is 0 Å². The van der Waals surface area contributed by atoms with E-state index in [-0.39, 0.29) is 50.4 Å². The second-order valence-corrected chi connectivity index (χ2v) is 9.29. The fourth-order valence-corrected chi connectivity index (χ4v) is 4.71. The molecule has 2 atom stereocenters. The second-order valence-electron chi connectivity index (χ2n) is 9.29. The number of rotatable bonds is 7. The fraction of sp³-hybridized carbons (Fsp3) is 0.636. The molecule has 0 radical (unpaired) electrons. The predicted molar refractivity (Wildman–Crippen MR) is 110 cm³/mol. The molecule has 2 saturated carbocycles. The lowest BCUT2D eigenvalue weighted by atomic mass is 9.79. The van der Waals surface area contributed by atoms with Gasteiger partial charge in [0.2, 0.25) is 17.8 Å². The summed E-state index contributed by atoms with van der Waals surface area (Å²) in [6, 6.07) is 2.54. The molecule has 2 aliphatic rings. The minimum Gasteiger partial charge on any atom is -0.348 e. The van der Waals surface area contributed by atoms with Crippen LogP contribution in [0.25, 0.3) is 5.65 Å². The first-order chi connectivity index (χ1) is 15.5. The number of hydrogen-bond acceptors (Lipinski definition) is 5. The number of aromatic nitrogens is 3. The van der Waals surface area contributed by atoms with Crippen molar-refractivity contribution in [3.63, 3.8) is 0 Å². The van der Waals surface area contributed by atoms with Gasteiger partial charge >= 0.3 is 0 Å². The van der Waals surface area contributed by atoms with Gasteiger partial charge in [-0.2, -0.15) is 10.4 Å². The van der Waals surface area contributed by atoms with Crippen molar-refractivity contribution in [2.75, 3.05) is 0 Å². The zero-order valence-corrected chi connectivity index (χ0v) is 18.0. The van der Waals surface area contributed by atoms with Crippen LogP contribution in [0.2, 0.25) is 0 Å². The molecule has 2 heterocycles. The van der Waals surface area contributed by atoms with E-state index in [1.807, 2.05) is 6.07 Å². The van der Waals surface area contributed by atoms with Crippen LogP contribution in [0.15, 0.2) is 18.5 Å². The maximum atomic E-state index is 13.5. The molecule has 0 aromatic carbocycles. The summed E-state index contributed by atoms with van der Waals surface area (Å²) in [6.07, 6.45) is 2.80. The number of hydrogen-bond donors (Lipinski definition) is 2. The Kier molecular flexibility index (Phi) is 6.31. The van der Waals surface area contributed by atoms with E-state index in [1.54, 1.807) is 12.3 Å². The van der Waals surface area contributed by atoms with Crippen molar-refractivity contribution >= 4 is 11.6 Å². The smallest absolute Gasteiger partial charge is 0.248 e. The highest BCUT2D eigenvalue weighted by Crippen LogP contribution is 2.44. The van der Waals surface area contributed by atoms with Crippen LogP contribution in [-0.2, 0) is 4.79 Å². The zero-order chi connectivity index (χ0) is 23.8. The van der Waals surface area contributed by atoms with Crippen LogP contribution in [0.3, 0.4) is 0 Å². The third-order valence-electron chi connectivity index (χ3n) is 6.65. The van der Waals surface area contributed by atoms with Crippen LogP contribution in [0.4, 0.5) is 17.6 Å². The molecule has 2 aliphatic carbocycles. The molecule has 4 rings (SSSR count). The summed E-state index contributed by atoms with van der Waals surface area (Å²) in [6.45, 7) is 0. The van der Waals surface area contributed by atoms with Crippen LogP contribution in [0, 0.1) is 23.2 Å². The highest BCUT2D eigenvalue weighted by atomic mass is 19.3. The van der Waals surface area contributed by atoms with Gasteiger partial charge in [-0.15, -0.1) is 0 Å². The van der Waals surface area contributed by atoms with Gasteiger partial charge < -0.3 is 11.1 Å². The SMILES string of the molecule is N#CC[C@@H](NC(=O)CC1CC(F)(F)C1)c1cnn2cc([C@@H](N)C3CCC(F)(F)CC3)nc2c1. The number of nitrogens with zero attached hydrogens (tertiary/aromatic N) is 4. The molecule has 7 nitrogen and oxygen atoms in total. The number of nitrogens with one attached hydrogen (secondary N) is 1. The van der Waals surface area contributed by atoms with E-state index < -0.39 is 29.8 Å². The quantitative estimate of drug-likeness (QED) is 0.598. The molecule has 0 unspecified atom stereocenters. The Morgan fingerprint density at radius 2 is 1.97 bits per heavy atom. The lowest BCUT2D eigenvalue weighted by Crippen LogP contribution is -2.39. The van der Waals surface area contributed by atoms with Gasteiger partial charge in [0.05, 0.1) is 42.7 Å². The number of carbonyl (C=O) groups excluding carboxylic acids is 1. The topological polar surface area (TPSA) is 109 Å². The maximum absolute atomic E-state index is 13.5. The number of nitriles is 1. The molecule has 2 fully saturated rings. The summed E-state index contributed by atoms with van der Waals surface area (Å²) >= 11 is 0. The van der Waals surface area contributed by atoms with E-state index in [9.17, 15) is 27.6 Å². The Hall–Kier alpha value is -2.74. The summed E-state index contributed by atoms with van der Waals surface area (Å²) in [7, 11) is 0. The Morgan fingerprint density at radius 1 is 1.27 bits per heavy atom. The standard InChI is InChI=1S/C22H26F4N6O/c23-21(24)4-1-14(2-5-21)20(28)17-12-32-18(30-17)8-15(11-29-32)16(3-6-27)31-19(33)7-13-9-22(25,26)10-13/h8,11-14,16,20H,1-5,7,9-10,28H2,(H,31,33)/t16-,20+/m1/s1. The van der Waals surface area contributed by atoms with Crippen molar-refractivity contribution in [3.8, 4) is 6.07 Å². The number of imidazole rings is 1. The number of nitrogens with two attached hydrogens (primary N) is 1. The first-order valence-corrected chi connectivity index (χ1v) is 11.1. The highest BCUT2D eigenvalue weighted by molar-refractivity contribution is 5.77. The minimum absolute atomic E-state index is 0.0179. The van der Waals surface area contributed by atoms with Crippen molar-refractivity contribution in [1.82, 2.24) is 19.9 Å². The van der Waals surface area contributed by atoms with Gasteiger partial charge in [-0.25, -0.2) is 27.1 Å². The van der Waals surface area contributed by atoms with Crippen molar-refractivity contribution in [2.24, 2.45) is 17.6 Å². The first kappa shape index (κ1) is 23.4. The zero-order valence-electron chi connectivity index (χ0n) is 18.0. The summed E-state index contributed by atoms with van der Waals surface area (Å²) in [4.78, 5) is 16.8. The number of fused-ring (bicyclic) bond motifs is 1. The van der Waals surface area contributed by atoms with Gasteiger partial charge in [-0.3, -0.25) is 4.79 Å². The molecule has 0 aliphatic heterocycles. The van der Waals surface area contributed by atoms with E-state index in [0.29, 0.717) is 29.7 Å². The fourth-order valence-electron chi connectivity index (χ4n) is 4.71. The van der Waals surface area contributed by atoms with Crippen molar-refractivity contribution < 1.29 is 22.4 Å². The maximum Gasteiger partial charge on any atom is 0.248 e.